The first-order valence-electron chi connectivity index (χ1n) is 4.57. The van der Waals surface area contributed by atoms with E-state index >= 15 is 0 Å². The summed E-state index contributed by atoms with van der Waals surface area (Å²) in [5.74, 6) is 0. The number of hydrogen-bond donors (Lipinski definition) is 0. The van der Waals surface area contributed by atoms with Gasteiger partial charge in [0.25, 0.3) is 0 Å². The maximum Gasteiger partial charge on any atom is -0.0664 e. The predicted molar refractivity (Wildman–Crippen MR) is 41.2 cm³/mol. The van der Waals surface area contributed by atoms with Crippen molar-refractivity contribution >= 4 is 0 Å². The lowest BCUT2D eigenvalue weighted by Gasteiger charge is -2.35. The first kappa shape index (κ1) is 11.9. The molecule has 0 N–H and O–H groups in total. The van der Waals surface area contributed by atoms with E-state index in [9.17, 15) is 15.3 Å². The Kier molecular flexibility index (Phi) is 6.34. The Morgan fingerprint density at radius 1 is 0.750 bits per heavy atom. The maximum absolute atomic E-state index is 11.1. The van der Waals surface area contributed by atoms with Crippen molar-refractivity contribution in [3.8, 4) is 0 Å². The van der Waals surface area contributed by atoms with Crippen molar-refractivity contribution in [1.29, 1.82) is 0 Å². The smallest absolute Gasteiger partial charge is 0.0664 e. The van der Waals surface area contributed by atoms with Crippen LogP contribution in [0.15, 0.2) is 0 Å². The molecule has 2 atom stereocenters. The highest BCUT2D eigenvalue weighted by atomic mass is 16.3. The van der Waals surface area contributed by atoms with Crippen LogP contribution in [0.1, 0.15) is 39.5 Å². The van der Waals surface area contributed by atoms with Gasteiger partial charge < -0.3 is 15.3 Å². The fourth-order valence-electron chi connectivity index (χ4n) is 1.02. The fourth-order valence-corrected chi connectivity index (χ4v) is 1.02. The van der Waals surface area contributed by atoms with Crippen LogP contribution < -0.4 is 15.3 Å². The van der Waals surface area contributed by atoms with E-state index in [2.05, 4.69) is 0 Å². The summed E-state index contributed by atoms with van der Waals surface area (Å²) in [6.45, 7) is 3.53. The number of hydrogen-bond acceptors (Lipinski definition) is 3. The van der Waals surface area contributed by atoms with Crippen LogP contribution in [-0.2, 0) is 0 Å². The zero-order valence-electron chi connectivity index (χ0n) is 7.79. The van der Waals surface area contributed by atoms with Gasteiger partial charge in [-0.15, -0.1) is 18.3 Å². The lowest BCUT2D eigenvalue weighted by atomic mass is 10.0. The largest absolute Gasteiger partial charge is 0.852 e. The van der Waals surface area contributed by atoms with E-state index in [1.165, 1.54) is 0 Å². The summed E-state index contributed by atoms with van der Waals surface area (Å²) < 4.78 is 0. The summed E-state index contributed by atoms with van der Waals surface area (Å²) in [5.41, 5.74) is 0. The molecule has 0 saturated carbocycles. The second kappa shape index (κ2) is 6.40. The topological polar surface area (TPSA) is 69.2 Å². The van der Waals surface area contributed by atoms with Gasteiger partial charge in [0.05, 0.1) is 0 Å². The molecule has 74 valence electrons. The molecule has 0 aromatic rings. The van der Waals surface area contributed by atoms with E-state index in [0.29, 0.717) is 12.8 Å². The second-order valence-corrected chi connectivity index (χ2v) is 3.15. The first-order valence-corrected chi connectivity index (χ1v) is 4.57. The van der Waals surface area contributed by atoms with Gasteiger partial charge in [-0.25, -0.2) is 0 Å². The first-order chi connectivity index (χ1) is 5.60. The van der Waals surface area contributed by atoms with E-state index in [1.807, 2.05) is 0 Å². The molecule has 3 heteroatoms. The molecule has 0 radical (unpaired) electrons. The molecule has 0 aromatic carbocycles. The lowest BCUT2D eigenvalue weighted by Crippen LogP contribution is -2.40. The third kappa shape index (κ3) is 5.52. The van der Waals surface area contributed by atoms with Crippen LogP contribution >= 0.6 is 0 Å². The van der Waals surface area contributed by atoms with E-state index in [1.54, 1.807) is 13.8 Å². The molecule has 0 saturated heterocycles. The van der Waals surface area contributed by atoms with Gasteiger partial charge in [-0.1, -0.05) is 39.5 Å². The fraction of sp³-hybridized carbons (Fsp3) is 1.00. The molecule has 0 spiro atoms. The van der Waals surface area contributed by atoms with Gasteiger partial charge >= 0.3 is 0 Å². The zero-order chi connectivity index (χ0) is 9.56. The van der Waals surface area contributed by atoms with Gasteiger partial charge in [0.2, 0.25) is 0 Å². The Bertz CT molecular complexity index is 93.9. The molecule has 3 nitrogen and oxygen atoms in total. The summed E-state index contributed by atoms with van der Waals surface area (Å²) in [6, 6.07) is 0. The van der Waals surface area contributed by atoms with E-state index in [-0.39, 0.29) is 12.8 Å². The quantitative estimate of drug-likeness (QED) is 0.505. The van der Waals surface area contributed by atoms with Crippen molar-refractivity contribution in [2.24, 2.45) is 0 Å². The van der Waals surface area contributed by atoms with E-state index in [4.69, 9.17) is 0 Å². The van der Waals surface area contributed by atoms with Crippen molar-refractivity contribution < 1.29 is 15.3 Å². The molecular formula is C9H17O3-3. The van der Waals surface area contributed by atoms with Crippen molar-refractivity contribution in [3.05, 3.63) is 0 Å². The Morgan fingerprint density at radius 3 is 1.33 bits per heavy atom. The Labute approximate surface area is 74.0 Å². The predicted octanol–water partition coefficient (Wildman–Crippen LogP) is -1.23. The molecule has 0 rings (SSSR count). The van der Waals surface area contributed by atoms with Crippen LogP contribution in [-0.4, -0.2) is 18.3 Å². The van der Waals surface area contributed by atoms with Crippen LogP contribution in [0.5, 0.6) is 0 Å². The highest BCUT2D eigenvalue weighted by Gasteiger charge is 1.98. The van der Waals surface area contributed by atoms with E-state index in [0.717, 1.165) is 0 Å². The average molecular weight is 173 g/mol. The van der Waals surface area contributed by atoms with Crippen LogP contribution in [0.4, 0.5) is 0 Å². The van der Waals surface area contributed by atoms with Gasteiger partial charge in [0.1, 0.15) is 0 Å². The molecule has 0 heterocycles. The molecule has 0 aromatic heterocycles. The van der Waals surface area contributed by atoms with E-state index < -0.39 is 18.3 Å². The standard InChI is InChI=1S/C9H17O3/c1-3-7(10)5-9(12)6-8(11)4-2/h7-9H,3-6H2,1-2H3/q-3. The summed E-state index contributed by atoms with van der Waals surface area (Å²) >= 11 is 0. The van der Waals surface area contributed by atoms with Crippen molar-refractivity contribution in [2.45, 2.75) is 57.8 Å². The monoisotopic (exact) mass is 173 g/mol. The average Bonchev–Trinajstić information content (AvgIpc) is 2.03. The maximum atomic E-state index is 11.1. The molecule has 0 aliphatic carbocycles. The Hall–Kier alpha value is -0.120. The van der Waals surface area contributed by atoms with Crippen molar-refractivity contribution in [3.63, 3.8) is 0 Å². The van der Waals surface area contributed by atoms with Gasteiger partial charge in [0.15, 0.2) is 0 Å². The third-order valence-corrected chi connectivity index (χ3v) is 1.96. The molecular weight excluding hydrogens is 156 g/mol. The van der Waals surface area contributed by atoms with Gasteiger partial charge in [0, 0.05) is 0 Å². The molecule has 0 aliphatic rings. The number of rotatable bonds is 6. The minimum absolute atomic E-state index is 0.106. The molecule has 0 fully saturated rings. The Morgan fingerprint density at radius 2 is 1.08 bits per heavy atom. The zero-order valence-corrected chi connectivity index (χ0v) is 7.79. The highest BCUT2D eigenvalue weighted by molar-refractivity contribution is 4.63. The summed E-state index contributed by atoms with van der Waals surface area (Å²) in [6.07, 6.45) is -1.34. The van der Waals surface area contributed by atoms with Crippen LogP contribution in [0.3, 0.4) is 0 Å². The summed E-state index contributed by atoms with van der Waals surface area (Å²) in [7, 11) is 0. The van der Waals surface area contributed by atoms with Crippen LogP contribution in [0.25, 0.3) is 0 Å². The molecule has 0 amide bonds. The van der Waals surface area contributed by atoms with Gasteiger partial charge in [-0.05, 0) is 0 Å². The molecule has 0 bridgehead atoms. The summed E-state index contributed by atoms with van der Waals surface area (Å²) in [5, 5.41) is 32.8. The van der Waals surface area contributed by atoms with Crippen LogP contribution in [0, 0.1) is 0 Å². The Balaban J connectivity index is 3.51. The van der Waals surface area contributed by atoms with Gasteiger partial charge in [-0.2, -0.15) is 0 Å². The normalized spacial score (nSPS) is 18.8. The highest BCUT2D eigenvalue weighted by Crippen LogP contribution is 2.04. The SMILES string of the molecule is CCC([O-])CC([O-])CC([O-])CC. The molecule has 2 unspecified atom stereocenters. The molecule has 0 aliphatic heterocycles. The second-order valence-electron chi connectivity index (χ2n) is 3.15. The summed E-state index contributed by atoms with van der Waals surface area (Å²) in [4.78, 5) is 0. The van der Waals surface area contributed by atoms with Crippen LogP contribution in [0.2, 0.25) is 0 Å². The molecule has 12 heavy (non-hydrogen) atoms. The van der Waals surface area contributed by atoms with Gasteiger partial charge in [-0.3, -0.25) is 0 Å². The third-order valence-electron chi connectivity index (χ3n) is 1.96. The lowest BCUT2D eigenvalue weighted by molar-refractivity contribution is -0.485. The van der Waals surface area contributed by atoms with Crippen molar-refractivity contribution in [1.82, 2.24) is 0 Å². The van der Waals surface area contributed by atoms with Crippen molar-refractivity contribution in [2.75, 3.05) is 0 Å². The minimum Gasteiger partial charge on any atom is -0.852 e. The minimum atomic E-state index is -0.949.